The average Bonchev–Trinajstić information content (AvgIpc) is 2.61. The van der Waals surface area contributed by atoms with Crippen molar-refractivity contribution in [3.05, 3.63) is 21.9 Å². The lowest BCUT2D eigenvalue weighted by Crippen LogP contribution is -2.32. The fourth-order valence-corrected chi connectivity index (χ4v) is 2.70. The lowest BCUT2D eigenvalue weighted by Gasteiger charge is -2.26. The second-order valence-electron chi connectivity index (χ2n) is 5.48. The maximum Gasteiger partial charge on any atom is 0.275 e. The Bertz CT molecular complexity index is 381. The van der Waals surface area contributed by atoms with Crippen molar-refractivity contribution < 1.29 is 4.79 Å². The fraction of sp³-hybridized carbons (Fsp3) is 0.583. The van der Waals surface area contributed by atoms with E-state index in [1.807, 2.05) is 11.4 Å². The molecule has 96 valence electrons. The third-order valence-electron chi connectivity index (χ3n) is 2.27. The average molecular weight is 255 g/mol. The zero-order valence-electron chi connectivity index (χ0n) is 10.9. The summed E-state index contributed by atoms with van der Waals surface area (Å²) in [7, 11) is 2.06. The summed E-state index contributed by atoms with van der Waals surface area (Å²) < 4.78 is 0. The zero-order chi connectivity index (χ0) is 13.1. The first-order valence-electron chi connectivity index (χ1n) is 5.59. The van der Waals surface area contributed by atoms with Gasteiger partial charge in [-0.15, -0.1) is 11.3 Å². The van der Waals surface area contributed by atoms with E-state index in [0.29, 0.717) is 4.88 Å². The molecule has 3 N–H and O–H groups in total. The molecule has 0 aromatic carbocycles. The number of carbonyl (C=O) groups excluding carboxylic acids is 1. The quantitative estimate of drug-likeness (QED) is 0.490. The molecule has 0 unspecified atom stereocenters. The molecule has 1 heterocycles. The number of hydrazine groups is 1. The summed E-state index contributed by atoms with van der Waals surface area (Å²) in [6, 6.07) is 1.98. The van der Waals surface area contributed by atoms with E-state index in [1.54, 1.807) is 0 Å². The molecule has 0 aliphatic carbocycles. The van der Waals surface area contributed by atoms with Crippen LogP contribution in [0.3, 0.4) is 0 Å². The molecule has 0 bridgehead atoms. The van der Waals surface area contributed by atoms with E-state index in [2.05, 4.69) is 38.1 Å². The first-order valence-corrected chi connectivity index (χ1v) is 6.47. The van der Waals surface area contributed by atoms with Crippen LogP contribution in [0.25, 0.3) is 0 Å². The van der Waals surface area contributed by atoms with Crippen LogP contribution in [-0.4, -0.2) is 24.4 Å². The van der Waals surface area contributed by atoms with Crippen molar-refractivity contribution in [1.82, 2.24) is 10.3 Å². The molecule has 5 heteroatoms. The molecule has 17 heavy (non-hydrogen) atoms. The van der Waals surface area contributed by atoms with Crippen LogP contribution in [0.5, 0.6) is 0 Å². The summed E-state index contributed by atoms with van der Waals surface area (Å²) in [4.78, 5) is 14.4. The summed E-state index contributed by atoms with van der Waals surface area (Å²) in [5.41, 5.74) is 3.47. The van der Waals surface area contributed by atoms with Crippen LogP contribution in [0, 0.1) is 5.41 Å². The molecule has 1 aromatic rings. The van der Waals surface area contributed by atoms with Gasteiger partial charge in [-0.1, -0.05) is 20.8 Å². The van der Waals surface area contributed by atoms with Crippen LogP contribution in [0.2, 0.25) is 0 Å². The number of carbonyl (C=O) groups is 1. The Morgan fingerprint density at radius 3 is 2.71 bits per heavy atom. The smallest absolute Gasteiger partial charge is 0.275 e. The van der Waals surface area contributed by atoms with E-state index >= 15 is 0 Å². The summed E-state index contributed by atoms with van der Waals surface area (Å²) in [5, 5.41) is 1.92. The van der Waals surface area contributed by atoms with Crippen molar-refractivity contribution >= 4 is 17.2 Å². The van der Waals surface area contributed by atoms with E-state index < -0.39 is 0 Å². The molecule has 0 radical (unpaired) electrons. The molecule has 0 aliphatic heterocycles. The SMILES string of the molecule is CN(Cc1ccsc1C(=O)NN)CC(C)(C)C. The molecule has 0 saturated heterocycles. The Hall–Kier alpha value is -0.910. The number of rotatable bonds is 4. The van der Waals surface area contributed by atoms with E-state index in [-0.39, 0.29) is 11.3 Å². The van der Waals surface area contributed by atoms with Gasteiger partial charge in [0.25, 0.3) is 5.91 Å². The summed E-state index contributed by atoms with van der Waals surface area (Å²) >= 11 is 1.42. The predicted molar refractivity (Wildman–Crippen MR) is 71.8 cm³/mol. The number of nitrogens with zero attached hydrogens (tertiary/aromatic N) is 1. The molecule has 1 aromatic heterocycles. The number of hydrogen-bond donors (Lipinski definition) is 2. The second kappa shape index (κ2) is 5.62. The molecule has 0 aliphatic rings. The standard InChI is InChI=1S/C12H21N3OS/c1-12(2,3)8-15(4)7-9-5-6-17-10(9)11(16)14-13/h5-6H,7-8,13H2,1-4H3,(H,14,16). The van der Waals surface area contributed by atoms with Gasteiger partial charge >= 0.3 is 0 Å². The molecule has 0 atom stereocenters. The molecule has 0 spiro atoms. The van der Waals surface area contributed by atoms with Crippen molar-refractivity contribution in [2.45, 2.75) is 27.3 Å². The van der Waals surface area contributed by atoms with E-state index in [4.69, 9.17) is 5.84 Å². The second-order valence-corrected chi connectivity index (χ2v) is 6.40. The van der Waals surface area contributed by atoms with Gasteiger partial charge in [-0.25, -0.2) is 5.84 Å². The number of nitrogen functional groups attached to an aromatic ring is 1. The van der Waals surface area contributed by atoms with Crippen LogP contribution in [0.15, 0.2) is 11.4 Å². The van der Waals surface area contributed by atoms with Crippen molar-refractivity contribution in [3.63, 3.8) is 0 Å². The Balaban J connectivity index is 2.69. The molecular weight excluding hydrogens is 234 g/mol. The van der Waals surface area contributed by atoms with Gasteiger partial charge in [0, 0.05) is 13.1 Å². The molecule has 0 fully saturated rings. The lowest BCUT2D eigenvalue weighted by atomic mass is 9.96. The summed E-state index contributed by atoms with van der Waals surface area (Å²) in [6.07, 6.45) is 0. The number of nitrogens with one attached hydrogen (secondary N) is 1. The van der Waals surface area contributed by atoms with Gasteiger partial charge in [0.2, 0.25) is 0 Å². The predicted octanol–water partition coefficient (Wildman–Crippen LogP) is 1.83. The fourth-order valence-electron chi connectivity index (χ4n) is 1.88. The Morgan fingerprint density at radius 2 is 2.18 bits per heavy atom. The largest absolute Gasteiger partial charge is 0.302 e. The molecule has 4 nitrogen and oxygen atoms in total. The number of nitrogens with two attached hydrogens (primary N) is 1. The van der Waals surface area contributed by atoms with Gasteiger partial charge in [0.1, 0.15) is 0 Å². The van der Waals surface area contributed by atoms with Crippen molar-refractivity contribution in [2.75, 3.05) is 13.6 Å². The monoisotopic (exact) mass is 255 g/mol. The highest BCUT2D eigenvalue weighted by Gasteiger charge is 2.17. The maximum absolute atomic E-state index is 11.5. The first kappa shape index (κ1) is 14.2. The maximum atomic E-state index is 11.5. The van der Waals surface area contributed by atoms with Gasteiger partial charge in [0.05, 0.1) is 4.88 Å². The number of thiophene rings is 1. The van der Waals surface area contributed by atoms with Gasteiger partial charge in [-0.2, -0.15) is 0 Å². The van der Waals surface area contributed by atoms with Gasteiger partial charge in [0.15, 0.2) is 0 Å². The Kier molecular flexibility index (Phi) is 4.68. The highest BCUT2D eigenvalue weighted by atomic mass is 32.1. The van der Waals surface area contributed by atoms with Crippen LogP contribution in [0.4, 0.5) is 0 Å². The third kappa shape index (κ3) is 4.46. The molecule has 1 rings (SSSR count). The van der Waals surface area contributed by atoms with Crippen molar-refractivity contribution in [1.29, 1.82) is 0 Å². The Labute approximate surface area is 107 Å². The van der Waals surface area contributed by atoms with E-state index in [0.717, 1.165) is 18.7 Å². The van der Waals surface area contributed by atoms with Crippen LogP contribution < -0.4 is 11.3 Å². The normalized spacial score (nSPS) is 11.9. The highest BCUT2D eigenvalue weighted by Crippen LogP contribution is 2.20. The van der Waals surface area contributed by atoms with E-state index in [1.165, 1.54) is 11.3 Å². The minimum Gasteiger partial charge on any atom is -0.302 e. The topological polar surface area (TPSA) is 58.4 Å². The molecule has 1 amide bonds. The van der Waals surface area contributed by atoms with Crippen molar-refractivity contribution in [3.8, 4) is 0 Å². The summed E-state index contributed by atoms with van der Waals surface area (Å²) in [5.74, 6) is 4.95. The number of amides is 1. The zero-order valence-corrected chi connectivity index (χ0v) is 11.7. The molecular formula is C12H21N3OS. The van der Waals surface area contributed by atoms with Crippen molar-refractivity contribution in [2.24, 2.45) is 11.3 Å². The van der Waals surface area contributed by atoms with E-state index in [9.17, 15) is 4.79 Å². The minimum atomic E-state index is -0.209. The van der Waals surface area contributed by atoms with Gasteiger partial charge < -0.3 is 4.90 Å². The first-order chi connectivity index (χ1) is 7.83. The van der Waals surface area contributed by atoms with Crippen LogP contribution >= 0.6 is 11.3 Å². The van der Waals surface area contributed by atoms with Gasteiger partial charge in [-0.3, -0.25) is 10.2 Å². The third-order valence-corrected chi connectivity index (χ3v) is 3.22. The number of hydrogen-bond acceptors (Lipinski definition) is 4. The Morgan fingerprint density at radius 1 is 1.53 bits per heavy atom. The van der Waals surface area contributed by atoms with Crippen LogP contribution in [-0.2, 0) is 6.54 Å². The summed E-state index contributed by atoms with van der Waals surface area (Å²) in [6.45, 7) is 8.34. The minimum absolute atomic E-state index is 0.209. The highest BCUT2D eigenvalue weighted by molar-refractivity contribution is 7.12. The molecule has 0 saturated carbocycles. The van der Waals surface area contributed by atoms with Crippen LogP contribution in [0.1, 0.15) is 36.0 Å². The van der Waals surface area contributed by atoms with Gasteiger partial charge in [-0.05, 0) is 29.5 Å². The lowest BCUT2D eigenvalue weighted by molar-refractivity contribution is 0.0956.